The van der Waals surface area contributed by atoms with Crippen LogP contribution in [0.4, 0.5) is 0 Å². The highest BCUT2D eigenvalue weighted by Crippen LogP contribution is 2.61. The summed E-state index contributed by atoms with van der Waals surface area (Å²) in [6.07, 6.45) is 3.90. The molecular weight excluding hydrogens is 1250 g/mol. The van der Waals surface area contributed by atoms with Crippen LogP contribution in [0.15, 0.2) is 146 Å². The lowest BCUT2D eigenvalue weighted by atomic mass is 9.60. The van der Waals surface area contributed by atoms with Crippen molar-refractivity contribution in [1.29, 1.82) is 0 Å². The van der Waals surface area contributed by atoms with Crippen LogP contribution in [0.2, 0.25) is 0 Å². The topological polar surface area (TPSA) is 183 Å². The molecule has 5 aliphatic rings. The van der Waals surface area contributed by atoms with Gasteiger partial charge in [0.05, 0.1) is 36.6 Å². The van der Waals surface area contributed by atoms with E-state index in [0.717, 1.165) is 105 Å². The molecule has 0 spiro atoms. The molecule has 3 aliphatic carbocycles. The molecule has 8 aromatic carbocycles. The maximum atomic E-state index is 7.01. The van der Waals surface area contributed by atoms with Crippen LogP contribution < -0.4 is 37.9 Å². The van der Waals surface area contributed by atoms with Gasteiger partial charge in [0, 0.05) is 66.8 Å². The average Bonchev–Trinajstić information content (AvgIpc) is 0.757. The summed E-state index contributed by atoms with van der Waals surface area (Å²) in [5.74, 6) is 6.21. The highest BCUT2D eigenvalue weighted by Gasteiger charge is 2.46. The van der Waals surface area contributed by atoms with Crippen molar-refractivity contribution in [3.8, 4) is 91.5 Å². The molecule has 11 aromatic rings. The largest absolute Gasteiger partial charge is 0.489 e. The number of ether oxygens (including phenoxy) is 8. The summed E-state index contributed by atoms with van der Waals surface area (Å²) in [5, 5.41) is 3.12. The van der Waals surface area contributed by atoms with Gasteiger partial charge in [0.1, 0.15) is 47.3 Å². The lowest BCUT2D eigenvalue weighted by Gasteiger charge is -2.43. The van der Waals surface area contributed by atoms with E-state index in [-0.39, 0.29) is 48.5 Å². The number of aromatic nitrogens is 8. The summed E-state index contributed by atoms with van der Waals surface area (Å²) in [4.78, 5) is 41.0. The quantitative estimate of drug-likeness (QED) is 0.0583. The standard InChI is InChI=1S/C84H86N8O8/c1-13-45(7)95-67-37-59-61(39-69(67)97-47(9)15-3)81-88-79(59)86-77-57-35-55-56(74-54-32-26-25-31-53(54)73(55)75-65(93-43-51-27-21-19-22-28-51)33-34-66(76(74)75)94-44-52-29-23-20-24-30-52)36-58(57)78(85-77)87-80-60-38-68(96-46(8)14-2)70(98-48(10)16-4)40-62(60)82(89-80)91-84-64-42-72(100-50(12)18-6)71(99-49(11)17-5)41-63(64)83(90-81)92-84/h19-42,45-50,73-74H,13-18,43-44H2,1-12H3,(H2,85,86,87,88,89,90,91,92)/t45?,46?,47?,48?,49?,50?,73-,74+. The van der Waals surface area contributed by atoms with Gasteiger partial charge in [-0.1, -0.05) is 126 Å². The molecule has 510 valence electrons. The molecule has 2 N–H and O–H groups in total. The molecule has 3 aromatic heterocycles. The Hall–Kier alpha value is -10.5. The van der Waals surface area contributed by atoms with Crippen LogP contribution in [0.5, 0.6) is 46.0 Å². The Morgan fingerprint density at radius 1 is 0.300 bits per heavy atom. The van der Waals surface area contributed by atoms with Crippen molar-refractivity contribution >= 4 is 44.1 Å². The number of rotatable bonds is 24. The van der Waals surface area contributed by atoms with Crippen molar-refractivity contribution in [2.45, 2.75) is 183 Å². The molecule has 0 fully saturated rings. The highest BCUT2D eigenvalue weighted by atomic mass is 16.5. The maximum Gasteiger partial charge on any atom is 0.164 e. The Bertz CT molecular complexity index is 4800. The van der Waals surface area contributed by atoms with Gasteiger partial charge in [-0.2, -0.15) is 0 Å². The van der Waals surface area contributed by atoms with Crippen LogP contribution in [-0.4, -0.2) is 76.5 Å². The lowest BCUT2D eigenvalue weighted by Crippen LogP contribution is -2.28. The summed E-state index contributed by atoms with van der Waals surface area (Å²) in [5.41, 5.74) is 13.8. The number of benzene rings is 8. The maximum absolute atomic E-state index is 7.01. The third-order valence-electron chi connectivity index (χ3n) is 20.1. The molecule has 8 atom stereocenters. The van der Waals surface area contributed by atoms with Crippen LogP contribution in [-0.2, 0) is 13.2 Å². The van der Waals surface area contributed by atoms with Crippen LogP contribution in [0.3, 0.4) is 0 Å². The van der Waals surface area contributed by atoms with E-state index in [9.17, 15) is 0 Å². The molecule has 100 heavy (non-hydrogen) atoms. The molecule has 6 unspecified atom stereocenters. The number of hydrogen-bond donors (Lipinski definition) is 2. The van der Waals surface area contributed by atoms with Crippen molar-refractivity contribution in [1.82, 2.24) is 39.9 Å². The molecule has 16 rings (SSSR count). The fraction of sp³-hybridized carbons (Fsp3) is 0.333. The molecule has 16 nitrogen and oxygen atoms in total. The van der Waals surface area contributed by atoms with E-state index in [2.05, 4.69) is 190 Å². The Morgan fingerprint density at radius 3 is 0.860 bits per heavy atom. The van der Waals surface area contributed by atoms with Crippen molar-refractivity contribution in [2.75, 3.05) is 0 Å². The van der Waals surface area contributed by atoms with E-state index in [0.29, 0.717) is 116 Å². The smallest absolute Gasteiger partial charge is 0.164 e. The van der Waals surface area contributed by atoms with Gasteiger partial charge in [-0.15, -0.1) is 0 Å². The van der Waals surface area contributed by atoms with E-state index in [1.54, 1.807) is 0 Å². The number of fused-ring (bicyclic) bond motifs is 20. The number of H-pyrrole nitrogens is 2. The zero-order chi connectivity index (χ0) is 69.0. The first-order valence-electron chi connectivity index (χ1n) is 35.8. The fourth-order valence-corrected chi connectivity index (χ4v) is 13.7. The predicted octanol–water partition coefficient (Wildman–Crippen LogP) is 20.1. The number of nitrogens with zero attached hydrogens (tertiary/aromatic N) is 6. The van der Waals surface area contributed by atoms with Gasteiger partial charge in [-0.25, -0.2) is 29.9 Å². The van der Waals surface area contributed by atoms with E-state index in [1.165, 1.54) is 11.1 Å². The van der Waals surface area contributed by atoms with E-state index in [1.807, 2.05) is 48.5 Å². The first-order valence-corrected chi connectivity index (χ1v) is 35.8. The second-order valence-corrected chi connectivity index (χ2v) is 27.1. The minimum Gasteiger partial charge on any atom is -0.489 e. The van der Waals surface area contributed by atoms with Crippen LogP contribution in [0.1, 0.15) is 178 Å². The zero-order valence-electron chi connectivity index (χ0n) is 59.1. The Balaban J connectivity index is 1.05. The molecular formula is C84H86N8O8. The molecule has 16 heteroatoms. The minimum absolute atomic E-state index is 0.121. The van der Waals surface area contributed by atoms with E-state index < -0.39 is 0 Å². The predicted molar refractivity (Wildman–Crippen MR) is 395 cm³/mol. The number of aromatic amines is 2. The van der Waals surface area contributed by atoms with E-state index in [4.69, 9.17) is 67.8 Å². The normalized spacial score (nSPS) is 15.7. The summed E-state index contributed by atoms with van der Waals surface area (Å²) in [6, 6.07) is 50.4. The molecule has 10 bridgehead atoms. The summed E-state index contributed by atoms with van der Waals surface area (Å²) in [6.45, 7) is 25.9. The first kappa shape index (κ1) is 65.5. The summed E-state index contributed by atoms with van der Waals surface area (Å²) < 4.78 is 54.7. The van der Waals surface area contributed by atoms with Crippen molar-refractivity contribution in [3.05, 3.63) is 190 Å². The third-order valence-corrected chi connectivity index (χ3v) is 20.1. The van der Waals surface area contributed by atoms with Gasteiger partial charge in [-0.05, 0) is 174 Å². The van der Waals surface area contributed by atoms with Crippen LogP contribution in [0.25, 0.3) is 89.7 Å². The third kappa shape index (κ3) is 12.2. The second-order valence-electron chi connectivity index (χ2n) is 27.1. The lowest BCUT2D eigenvalue weighted by molar-refractivity contribution is 0.177. The molecule has 0 radical (unpaired) electrons. The Kier molecular flexibility index (Phi) is 17.9. The monoisotopic (exact) mass is 1330 g/mol. The van der Waals surface area contributed by atoms with Gasteiger partial charge in [0.25, 0.3) is 0 Å². The van der Waals surface area contributed by atoms with Crippen LogP contribution in [0, 0.1) is 0 Å². The second kappa shape index (κ2) is 27.3. The van der Waals surface area contributed by atoms with E-state index >= 15 is 0 Å². The Morgan fingerprint density at radius 2 is 0.570 bits per heavy atom. The van der Waals surface area contributed by atoms with Crippen LogP contribution >= 0.6 is 0 Å². The molecule has 5 heterocycles. The van der Waals surface area contributed by atoms with Gasteiger partial charge in [0.2, 0.25) is 0 Å². The summed E-state index contributed by atoms with van der Waals surface area (Å²) in [7, 11) is 0. The molecule has 0 amide bonds. The minimum atomic E-state index is -0.270. The highest BCUT2D eigenvalue weighted by molar-refractivity contribution is 6.08. The van der Waals surface area contributed by atoms with Crippen molar-refractivity contribution in [2.24, 2.45) is 0 Å². The first-order chi connectivity index (χ1) is 48.7. The van der Waals surface area contributed by atoms with Crippen molar-refractivity contribution < 1.29 is 37.9 Å². The molecule has 0 saturated carbocycles. The average molecular weight is 1340 g/mol. The zero-order valence-corrected chi connectivity index (χ0v) is 59.1. The summed E-state index contributed by atoms with van der Waals surface area (Å²) >= 11 is 0. The van der Waals surface area contributed by atoms with Crippen molar-refractivity contribution in [3.63, 3.8) is 0 Å². The van der Waals surface area contributed by atoms with Gasteiger partial charge in [-0.3, -0.25) is 0 Å². The Labute approximate surface area is 583 Å². The van der Waals surface area contributed by atoms with Gasteiger partial charge in [0.15, 0.2) is 57.8 Å². The number of hydrogen-bond acceptors (Lipinski definition) is 14. The SMILES string of the molecule is CCC(C)Oc1cc2c(cc1OC(C)CC)-c1nc-2nc2[nH]c(nc3nc(nc4[nH]c(n1)c1cc5c(cc41)[C@@H]1c4ccccc4[C@H]5c4c(OCc5ccccc5)ccc(OCc5ccccc5)c41)-c1cc(OC(C)CC)c(OC(C)CC)cc1-3)c1cc(OC(C)CC)c(OC(C)CC)cc21. The van der Waals surface area contributed by atoms with Gasteiger partial charge >= 0.3 is 0 Å². The number of nitrogens with one attached hydrogen (secondary N) is 2. The molecule has 0 saturated heterocycles. The fourth-order valence-electron chi connectivity index (χ4n) is 13.7. The molecule has 2 aliphatic heterocycles. The van der Waals surface area contributed by atoms with Gasteiger partial charge < -0.3 is 47.9 Å².